The van der Waals surface area contributed by atoms with Crippen molar-refractivity contribution in [1.82, 2.24) is 4.90 Å². The molecule has 0 saturated heterocycles. The third kappa shape index (κ3) is 3.99. The van der Waals surface area contributed by atoms with Crippen molar-refractivity contribution in [3.05, 3.63) is 41.7 Å². The quantitative estimate of drug-likeness (QED) is 0.463. The fourth-order valence-electron chi connectivity index (χ4n) is 1.99. The van der Waals surface area contributed by atoms with Gasteiger partial charge in [0.25, 0.3) is 0 Å². The molecule has 5 heteroatoms. The second-order valence-electron chi connectivity index (χ2n) is 4.46. The summed E-state index contributed by atoms with van der Waals surface area (Å²) in [5.74, 6) is -3.89. The van der Waals surface area contributed by atoms with Gasteiger partial charge in [-0.2, -0.15) is 0 Å². The third-order valence-corrected chi connectivity index (χ3v) is 2.99. The van der Waals surface area contributed by atoms with E-state index in [0.29, 0.717) is 6.61 Å². The molecule has 0 radical (unpaired) electrons. The van der Waals surface area contributed by atoms with Crippen LogP contribution in [0.5, 0.6) is 5.75 Å². The van der Waals surface area contributed by atoms with Crippen molar-refractivity contribution in [2.24, 2.45) is 0 Å². The van der Waals surface area contributed by atoms with Gasteiger partial charge in [0.05, 0.1) is 6.61 Å². The van der Waals surface area contributed by atoms with Gasteiger partial charge in [0.15, 0.2) is 17.5 Å². The fraction of sp³-hybridized carbons (Fsp3) is 0.429. The number of nitrogens with zero attached hydrogens (tertiary/aromatic N) is 1. The molecule has 2 rings (SSSR count). The summed E-state index contributed by atoms with van der Waals surface area (Å²) in [7, 11) is 0. The Morgan fingerprint density at radius 2 is 1.84 bits per heavy atom. The summed E-state index contributed by atoms with van der Waals surface area (Å²) in [6, 6.07) is 1.73. The third-order valence-electron chi connectivity index (χ3n) is 2.99. The van der Waals surface area contributed by atoms with Crippen molar-refractivity contribution in [2.75, 3.05) is 26.2 Å². The zero-order valence-corrected chi connectivity index (χ0v) is 10.5. The summed E-state index contributed by atoms with van der Waals surface area (Å²) in [5.41, 5.74) is 0. The Labute approximate surface area is 110 Å². The average molecular weight is 271 g/mol. The van der Waals surface area contributed by atoms with Crippen molar-refractivity contribution in [3.63, 3.8) is 0 Å². The summed E-state index contributed by atoms with van der Waals surface area (Å²) in [6.07, 6.45) is 6.08. The molecule has 1 aromatic rings. The Hall–Kier alpha value is -1.49. The Balaban J connectivity index is 1.75. The minimum absolute atomic E-state index is 0.0231. The molecule has 1 aromatic carbocycles. The van der Waals surface area contributed by atoms with E-state index in [1.807, 2.05) is 0 Å². The maximum atomic E-state index is 12.9. The van der Waals surface area contributed by atoms with Crippen LogP contribution in [0, 0.1) is 17.5 Å². The van der Waals surface area contributed by atoms with Gasteiger partial charge in [-0.3, -0.25) is 4.90 Å². The van der Waals surface area contributed by atoms with Gasteiger partial charge in [0, 0.05) is 31.8 Å². The first-order valence-electron chi connectivity index (χ1n) is 6.31. The maximum Gasteiger partial charge on any atom is 0.194 e. The molecule has 1 heterocycles. The predicted molar refractivity (Wildman–Crippen MR) is 66.6 cm³/mol. The lowest BCUT2D eigenvalue weighted by Crippen LogP contribution is -2.29. The highest BCUT2D eigenvalue weighted by atomic mass is 19.2. The van der Waals surface area contributed by atoms with Gasteiger partial charge in [0.2, 0.25) is 0 Å². The van der Waals surface area contributed by atoms with Crippen LogP contribution < -0.4 is 4.74 Å². The lowest BCUT2D eigenvalue weighted by molar-refractivity contribution is 0.245. The fourth-order valence-corrected chi connectivity index (χ4v) is 1.99. The van der Waals surface area contributed by atoms with Crippen LogP contribution in [0.25, 0.3) is 0 Å². The standard InChI is InChI=1S/C14H16F3NO/c15-12-9-11(10-13(16)14(12)17)19-8-4-7-18-5-2-1-3-6-18/h1-2,9-10H,3-8H2. The lowest BCUT2D eigenvalue weighted by Gasteiger charge is -2.22. The summed E-state index contributed by atoms with van der Waals surface area (Å²) in [6.45, 7) is 3.18. The first-order valence-corrected chi connectivity index (χ1v) is 6.31. The van der Waals surface area contributed by atoms with Crippen molar-refractivity contribution >= 4 is 0 Å². The van der Waals surface area contributed by atoms with E-state index in [4.69, 9.17) is 4.74 Å². The molecule has 0 unspecified atom stereocenters. The van der Waals surface area contributed by atoms with Gasteiger partial charge >= 0.3 is 0 Å². The second-order valence-corrected chi connectivity index (χ2v) is 4.46. The molecule has 0 fully saturated rings. The smallest absolute Gasteiger partial charge is 0.194 e. The van der Waals surface area contributed by atoms with Crippen LogP contribution in [0.1, 0.15) is 12.8 Å². The maximum absolute atomic E-state index is 12.9. The van der Waals surface area contributed by atoms with Crippen molar-refractivity contribution < 1.29 is 17.9 Å². The van der Waals surface area contributed by atoms with Crippen LogP contribution in [-0.2, 0) is 0 Å². The number of hydrogen-bond donors (Lipinski definition) is 0. The van der Waals surface area contributed by atoms with Gasteiger partial charge in [-0.25, -0.2) is 13.2 Å². The molecular weight excluding hydrogens is 255 g/mol. The molecule has 0 N–H and O–H groups in total. The molecule has 0 saturated carbocycles. The lowest BCUT2D eigenvalue weighted by atomic mass is 10.2. The summed E-state index contributed by atoms with van der Waals surface area (Å²) >= 11 is 0. The molecular formula is C14H16F3NO. The highest BCUT2D eigenvalue weighted by Crippen LogP contribution is 2.19. The summed E-state index contributed by atoms with van der Waals surface area (Å²) < 4.78 is 43.8. The van der Waals surface area contributed by atoms with E-state index in [2.05, 4.69) is 17.1 Å². The molecule has 0 aliphatic carbocycles. The molecule has 1 aliphatic heterocycles. The Bertz CT molecular complexity index is 439. The molecule has 0 atom stereocenters. The minimum atomic E-state index is -1.47. The molecule has 0 aromatic heterocycles. The normalized spacial score (nSPS) is 15.7. The van der Waals surface area contributed by atoms with Crippen LogP contribution >= 0.6 is 0 Å². The van der Waals surface area contributed by atoms with Crippen molar-refractivity contribution in [1.29, 1.82) is 0 Å². The first-order chi connectivity index (χ1) is 9.16. The highest BCUT2D eigenvalue weighted by Gasteiger charge is 2.11. The molecule has 1 aliphatic rings. The SMILES string of the molecule is Fc1cc(OCCCN2CC=CCC2)cc(F)c1F. The van der Waals surface area contributed by atoms with Crippen molar-refractivity contribution in [3.8, 4) is 5.75 Å². The average Bonchev–Trinajstić information content (AvgIpc) is 2.42. The Morgan fingerprint density at radius 1 is 1.11 bits per heavy atom. The molecule has 19 heavy (non-hydrogen) atoms. The molecule has 0 amide bonds. The zero-order chi connectivity index (χ0) is 13.7. The van der Waals surface area contributed by atoms with Crippen LogP contribution in [-0.4, -0.2) is 31.1 Å². The largest absolute Gasteiger partial charge is 0.493 e. The summed E-state index contributed by atoms with van der Waals surface area (Å²) in [4.78, 5) is 2.27. The van der Waals surface area contributed by atoms with E-state index in [1.54, 1.807) is 0 Å². The molecule has 2 nitrogen and oxygen atoms in total. The Kier molecular flexibility index (Phi) is 4.85. The number of ether oxygens (including phenoxy) is 1. The van der Waals surface area contributed by atoms with E-state index < -0.39 is 17.5 Å². The van der Waals surface area contributed by atoms with E-state index >= 15 is 0 Å². The van der Waals surface area contributed by atoms with Gasteiger partial charge in [0.1, 0.15) is 5.75 Å². The predicted octanol–water partition coefficient (Wildman–Crippen LogP) is 3.13. The van der Waals surface area contributed by atoms with Crippen molar-refractivity contribution in [2.45, 2.75) is 12.8 Å². The van der Waals surface area contributed by atoms with Crippen LogP contribution in [0.4, 0.5) is 13.2 Å². The second kappa shape index (κ2) is 6.61. The number of rotatable bonds is 5. The number of hydrogen-bond acceptors (Lipinski definition) is 2. The molecule has 0 spiro atoms. The summed E-state index contributed by atoms with van der Waals surface area (Å²) in [5, 5.41) is 0. The van der Waals surface area contributed by atoms with Gasteiger partial charge in [-0.1, -0.05) is 12.2 Å². The van der Waals surface area contributed by atoms with E-state index in [0.717, 1.165) is 44.6 Å². The van der Waals surface area contributed by atoms with Crippen LogP contribution in [0.2, 0.25) is 0 Å². The van der Waals surface area contributed by atoms with E-state index in [9.17, 15) is 13.2 Å². The van der Waals surface area contributed by atoms with Crippen LogP contribution in [0.15, 0.2) is 24.3 Å². The Morgan fingerprint density at radius 3 is 2.47 bits per heavy atom. The highest BCUT2D eigenvalue weighted by molar-refractivity contribution is 5.24. The minimum Gasteiger partial charge on any atom is -0.493 e. The van der Waals surface area contributed by atoms with E-state index in [-0.39, 0.29) is 5.75 Å². The first kappa shape index (κ1) is 13.9. The van der Waals surface area contributed by atoms with Gasteiger partial charge in [-0.15, -0.1) is 0 Å². The van der Waals surface area contributed by atoms with Crippen LogP contribution in [0.3, 0.4) is 0 Å². The molecule has 104 valence electrons. The molecule has 0 bridgehead atoms. The van der Waals surface area contributed by atoms with Gasteiger partial charge in [-0.05, 0) is 12.8 Å². The number of halogens is 3. The monoisotopic (exact) mass is 271 g/mol. The van der Waals surface area contributed by atoms with Gasteiger partial charge < -0.3 is 4.74 Å². The van der Waals surface area contributed by atoms with E-state index in [1.165, 1.54) is 0 Å². The number of benzene rings is 1. The zero-order valence-electron chi connectivity index (χ0n) is 10.5. The topological polar surface area (TPSA) is 12.5 Å².